The summed E-state index contributed by atoms with van der Waals surface area (Å²) >= 11 is 0. The number of hydrogen-bond acceptors (Lipinski definition) is 3. The highest BCUT2D eigenvalue weighted by Crippen LogP contribution is 1.75. The normalized spacial score (nSPS) is 11.6. The van der Waals surface area contributed by atoms with Gasteiger partial charge in [0, 0.05) is 6.54 Å². The number of hydrogen-bond donors (Lipinski definition) is 1. The summed E-state index contributed by atoms with van der Waals surface area (Å²) < 4.78 is 4.76. The van der Waals surface area contributed by atoms with Crippen molar-refractivity contribution in [2.24, 2.45) is 10.7 Å². The third-order valence-corrected chi connectivity index (χ3v) is 0.745. The monoisotopic (exact) mass is 116 g/mol. The molecule has 0 bridgehead atoms. The average Bonchev–Trinajstić information content (AvgIpc) is 1.83. The molecule has 0 amide bonds. The average molecular weight is 116 g/mol. The number of methoxy groups -OCH3 is 1. The van der Waals surface area contributed by atoms with Crippen LogP contribution in [0.15, 0.2) is 4.99 Å². The predicted octanol–water partition coefficient (Wildman–Crippen LogP) is 0.00990. The lowest BCUT2D eigenvalue weighted by Crippen LogP contribution is -2.15. The van der Waals surface area contributed by atoms with E-state index in [1.807, 2.05) is 6.92 Å². The fourth-order valence-electron chi connectivity index (χ4n) is 0.389. The topological polar surface area (TPSA) is 47.6 Å². The Morgan fingerprint density at radius 1 is 1.75 bits per heavy atom. The van der Waals surface area contributed by atoms with Gasteiger partial charge in [0.05, 0.1) is 13.7 Å². The van der Waals surface area contributed by atoms with Gasteiger partial charge in [-0.3, -0.25) is 4.99 Å². The van der Waals surface area contributed by atoms with Gasteiger partial charge in [-0.1, -0.05) is 0 Å². The van der Waals surface area contributed by atoms with E-state index in [0.29, 0.717) is 12.4 Å². The Hall–Kier alpha value is -0.570. The van der Waals surface area contributed by atoms with E-state index in [1.165, 1.54) is 0 Å². The van der Waals surface area contributed by atoms with Gasteiger partial charge in [-0.15, -0.1) is 0 Å². The Morgan fingerprint density at radius 2 is 2.38 bits per heavy atom. The minimum Gasteiger partial charge on any atom is -0.483 e. The van der Waals surface area contributed by atoms with E-state index >= 15 is 0 Å². The lowest BCUT2D eigenvalue weighted by Gasteiger charge is -1.97. The number of rotatable bonds is 2. The van der Waals surface area contributed by atoms with Crippen LogP contribution in [0.2, 0.25) is 0 Å². The molecule has 2 N–H and O–H groups in total. The molecule has 48 valence electrons. The van der Waals surface area contributed by atoms with Crippen molar-refractivity contribution in [3.05, 3.63) is 0 Å². The summed E-state index contributed by atoms with van der Waals surface area (Å²) in [4.78, 5) is 3.93. The van der Waals surface area contributed by atoms with Crippen LogP contribution >= 0.6 is 0 Å². The Bertz CT molecular complexity index is 74.5. The molecule has 0 saturated carbocycles. The van der Waals surface area contributed by atoms with Crippen LogP contribution in [0.1, 0.15) is 6.92 Å². The van der Waals surface area contributed by atoms with E-state index in [1.54, 1.807) is 7.11 Å². The first kappa shape index (κ1) is 7.43. The highest BCUT2D eigenvalue weighted by Gasteiger charge is 1.87. The van der Waals surface area contributed by atoms with Crippen LogP contribution in [-0.4, -0.2) is 26.1 Å². The molecular weight excluding hydrogens is 104 g/mol. The summed E-state index contributed by atoms with van der Waals surface area (Å²) in [7, 11) is 1.57. The fraction of sp³-hybridized carbons (Fsp3) is 0.800. The Labute approximate surface area is 49.5 Å². The summed E-state index contributed by atoms with van der Waals surface area (Å²) in [5.41, 5.74) is 5.21. The molecule has 0 aromatic carbocycles. The van der Waals surface area contributed by atoms with Crippen LogP contribution in [0.5, 0.6) is 0 Å². The van der Waals surface area contributed by atoms with Crippen molar-refractivity contribution in [3.63, 3.8) is 0 Å². The molecule has 0 heterocycles. The fourth-order valence-corrected chi connectivity index (χ4v) is 0.389. The number of nitrogens with zero attached hydrogens (tertiary/aromatic N) is 1. The van der Waals surface area contributed by atoms with Crippen LogP contribution in [0, 0.1) is 0 Å². The minimum atomic E-state index is 0.393. The summed E-state index contributed by atoms with van der Waals surface area (Å²) in [6.07, 6.45) is 0. The maximum atomic E-state index is 5.21. The molecule has 0 aliphatic heterocycles. The molecule has 0 aliphatic rings. The van der Waals surface area contributed by atoms with Gasteiger partial charge < -0.3 is 10.5 Å². The largest absolute Gasteiger partial charge is 0.483 e. The van der Waals surface area contributed by atoms with Gasteiger partial charge in [-0.2, -0.15) is 0 Å². The van der Waals surface area contributed by atoms with Gasteiger partial charge in [-0.05, 0) is 6.92 Å². The van der Waals surface area contributed by atoms with Gasteiger partial charge >= 0.3 is 0 Å². The Morgan fingerprint density at radius 3 is 2.50 bits per heavy atom. The van der Waals surface area contributed by atoms with Gasteiger partial charge in [0.15, 0.2) is 5.90 Å². The molecule has 0 aromatic heterocycles. The Balaban J connectivity index is 3.49. The number of nitrogens with two attached hydrogens (primary N) is 1. The van der Waals surface area contributed by atoms with E-state index in [-0.39, 0.29) is 0 Å². The maximum absolute atomic E-state index is 5.21. The van der Waals surface area contributed by atoms with Crippen molar-refractivity contribution in [3.8, 4) is 0 Å². The quantitative estimate of drug-likeness (QED) is 0.408. The predicted molar refractivity (Wildman–Crippen MR) is 34.0 cm³/mol. The van der Waals surface area contributed by atoms with E-state index in [4.69, 9.17) is 10.5 Å². The van der Waals surface area contributed by atoms with Crippen LogP contribution in [-0.2, 0) is 4.74 Å². The standard InChI is InChI=1S/C5H12N2O/c1-3-7-5(4-6)8-2/h3-4,6H2,1-2H3. The van der Waals surface area contributed by atoms with Crippen molar-refractivity contribution >= 4 is 5.90 Å². The lowest BCUT2D eigenvalue weighted by molar-refractivity contribution is 0.394. The summed E-state index contributed by atoms with van der Waals surface area (Å²) in [5, 5.41) is 0. The number of aliphatic imine (C=N–C) groups is 1. The molecule has 0 spiro atoms. The second-order valence-electron chi connectivity index (χ2n) is 1.28. The van der Waals surface area contributed by atoms with Gasteiger partial charge in [0.1, 0.15) is 0 Å². The lowest BCUT2D eigenvalue weighted by atomic mass is 10.6. The van der Waals surface area contributed by atoms with Crippen molar-refractivity contribution in [2.75, 3.05) is 20.2 Å². The maximum Gasteiger partial charge on any atom is 0.197 e. The van der Waals surface area contributed by atoms with Gasteiger partial charge in [-0.25, -0.2) is 0 Å². The van der Waals surface area contributed by atoms with Gasteiger partial charge in [0.25, 0.3) is 0 Å². The first-order valence-corrected chi connectivity index (χ1v) is 2.62. The molecule has 3 nitrogen and oxygen atoms in total. The van der Waals surface area contributed by atoms with E-state index < -0.39 is 0 Å². The molecule has 0 rings (SSSR count). The van der Waals surface area contributed by atoms with Crippen LogP contribution < -0.4 is 5.73 Å². The molecule has 0 aromatic rings. The first-order chi connectivity index (χ1) is 3.85. The SMILES string of the molecule is CCN=C(CN)OC. The van der Waals surface area contributed by atoms with Crippen LogP contribution in [0.3, 0.4) is 0 Å². The second kappa shape index (κ2) is 4.59. The molecular formula is C5H12N2O. The zero-order valence-electron chi connectivity index (χ0n) is 5.35. The van der Waals surface area contributed by atoms with E-state index in [2.05, 4.69) is 4.99 Å². The van der Waals surface area contributed by atoms with Crippen molar-refractivity contribution in [1.29, 1.82) is 0 Å². The van der Waals surface area contributed by atoms with Crippen molar-refractivity contribution in [2.45, 2.75) is 6.92 Å². The molecule has 3 heteroatoms. The molecule has 0 fully saturated rings. The zero-order chi connectivity index (χ0) is 6.41. The molecule has 0 aliphatic carbocycles. The minimum absolute atomic E-state index is 0.393. The van der Waals surface area contributed by atoms with Gasteiger partial charge in [0.2, 0.25) is 0 Å². The molecule has 8 heavy (non-hydrogen) atoms. The molecule has 0 atom stereocenters. The number of ether oxygens (including phenoxy) is 1. The van der Waals surface area contributed by atoms with E-state index in [0.717, 1.165) is 6.54 Å². The van der Waals surface area contributed by atoms with Crippen LogP contribution in [0.25, 0.3) is 0 Å². The third-order valence-electron chi connectivity index (χ3n) is 0.745. The molecule has 0 radical (unpaired) electrons. The first-order valence-electron chi connectivity index (χ1n) is 2.62. The third kappa shape index (κ3) is 2.58. The van der Waals surface area contributed by atoms with Crippen LogP contribution in [0.4, 0.5) is 0 Å². The molecule has 0 unspecified atom stereocenters. The zero-order valence-corrected chi connectivity index (χ0v) is 5.35. The van der Waals surface area contributed by atoms with Crippen molar-refractivity contribution < 1.29 is 4.74 Å². The smallest absolute Gasteiger partial charge is 0.197 e. The summed E-state index contributed by atoms with van der Waals surface area (Å²) in [5.74, 6) is 0.618. The highest BCUT2D eigenvalue weighted by atomic mass is 16.5. The van der Waals surface area contributed by atoms with E-state index in [9.17, 15) is 0 Å². The Kier molecular flexibility index (Phi) is 4.26. The summed E-state index contributed by atoms with van der Waals surface area (Å²) in [6, 6.07) is 0. The highest BCUT2D eigenvalue weighted by molar-refractivity contribution is 5.77. The summed E-state index contributed by atoms with van der Waals surface area (Å²) in [6.45, 7) is 3.07. The molecule has 0 saturated heterocycles. The second-order valence-corrected chi connectivity index (χ2v) is 1.28. The van der Waals surface area contributed by atoms with Crippen molar-refractivity contribution in [1.82, 2.24) is 0 Å².